The van der Waals surface area contributed by atoms with Crippen LogP contribution in [-0.2, 0) is 14.3 Å². The Bertz CT molecular complexity index is 425. The molecule has 100 valence electrons. The van der Waals surface area contributed by atoms with Gasteiger partial charge in [0.05, 0.1) is 0 Å². The minimum atomic E-state index is -0.755. The summed E-state index contributed by atoms with van der Waals surface area (Å²) in [6, 6.07) is -0.553. The van der Waals surface area contributed by atoms with Gasteiger partial charge in [0.2, 0.25) is 0 Å². The third-order valence-electron chi connectivity index (χ3n) is 3.00. The molecule has 0 spiro atoms. The molecular weight excluding hydrogens is 386 g/mol. The Hall–Kier alpha value is -0.0100. The quantitative estimate of drug-likeness (QED) is 0.316. The van der Waals surface area contributed by atoms with E-state index in [-0.39, 0.29) is 28.6 Å². The number of amides is 1. The van der Waals surface area contributed by atoms with Crippen LogP contribution in [0.1, 0.15) is 13.8 Å². The molecule has 2 saturated heterocycles. The Morgan fingerprint density at radius 3 is 2.78 bits per heavy atom. The van der Waals surface area contributed by atoms with Crippen LogP contribution in [0.5, 0.6) is 0 Å². The van der Waals surface area contributed by atoms with Gasteiger partial charge in [-0.3, -0.25) is 4.79 Å². The number of carbonyl (C=O) groups excluding carboxylic acids is 2. The lowest BCUT2D eigenvalue weighted by Crippen LogP contribution is -2.68. The third-order valence-corrected chi connectivity index (χ3v) is 6.79. The molecule has 0 bridgehead atoms. The van der Waals surface area contributed by atoms with Crippen molar-refractivity contribution in [2.75, 3.05) is 6.61 Å². The molecule has 2 aliphatic rings. The van der Waals surface area contributed by atoms with E-state index in [1.54, 1.807) is 16.7 Å². The lowest BCUT2D eigenvalue weighted by atomic mass is 9.98. The average molecular weight is 399 g/mol. The van der Waals surface area contributed by atoms with Crippen LogP contribution in [0.4, 0.5) is 0 Å². The molecule has 0 aromatic heterocycles. The number of nitrogens with zero attached hydrogens (tertiary/aromatic N) is 1. The summed E-state index contributed by atoms with van der Waals surface area (Å²) < 4.78 is 3.96. The Kier molecular flexibility index (Phi) is 3.62. The first-order chi connectivity index (χ1) is 8.23. The Morgan fingerprint density at radius 1 is 1.61 bits per heavy atom. The topological polar surface area (TPSA) is 46.6 Å². The number of alkyl halides is 2. The molecule has 0 unspecified atom stereocenters. The van der Waals surface area contributed by atoms with Crippen molar-refractivity contribution in [2.45, 2.75) is 33.2 Å². The standard InChI is InChI=1S/C11H13Br2NO3S/c1-4-5-17-7(15)6-10(2,3)18-9-11(12,13)8(16)14(6)9/h4,6,9H,1,5H2,2-3H3/t6-,9+/m0/s1. The zero-order valence-corrected chi connectivity index (χ0v) is 14.0. The van der Waals surface area contributed by atoms with Crippen LogP contribution >= 0.6 is 43.6 Å². The first kappa shape index (κ1) is 14.4. The van der Waals surface area contributed by atoms with Gasteiger partial charge in [-0.05, 0) is 13.8 Å². The van der Waals surface area contributed by atoms with E-state index in [0.717, 1.165) is 0 Å². The van der Waals surface area contributed by atoms with Gasteiger partial charge in [0.15, 0.2) is 3.23 Å². The van der Waals surface area contributed by atoms with Crippen molar-refractivity contribution in [3.8, 4) is 0 Å². The number of thioether (sulfide) groups is 1. The monoisotopic (exact) mass is 397 g/mol. The van der Waals surface area contributed by atoms with E-state index in [2.05, 4.69) is 38.4 Å². The highest BCUT2D eigenvalue weighted by molar-refractivity contribution is 9.26. The minimum Gasteiger partial charge on any atom is -0.460 e. The van der Waals surface area contributed by atoms with Crippen LogP contribution in [0.3, 0.4) is 0 Å². The van der Waals surface area contributed by atoms with E-state index >= 15 is 0 Å². The van der Waals surface area contributed by atoms with Crippen LogP contribution < -0.4 is 0 Å². The summed E-state index contributed by atoms with van der Waals surface area (Å²) in [5.74, 6) is -0.509. The molecule has 0 aromatic rings. The van der Waals surface area contributed by atoms with Crippen molar-refractivity contribution < 1.29 is 14.3 Å². The highest BCUT2D eigenvalue weighted by Gasteiger charge is 2.70. The molecule has 0 N–H and O–H groups in total. The summed E-state index contributed by atoms with van der Waals surface area (Å²) in [5.41, 5.74) is 0. The van der Waals surface area contributed by atoms with Crippen LogP contribution in [0.2, 0.25) is 0 Å². The number of hydrogen-bond donors (Lipinski definition) is 0. The fraction of sp³-hybridized carbons (Fsp3) is 0.636. The molecule has 0 aliphatic carbocycles. The van der Waals surface area contributed by atoms with Crippen LogP contribution in [0.15, 0.2) is 12.7 Å². The Balaban J connectivity index is 2.22. The molecule has 0 aromatic carbocycles. The van der Waals surface area contributed by atoms with Gasteiger partial charge in [-0.15, -0.1) is 11.8 Å². The predicted octanol–water partition coefficient (Wildman–Crippen LogP) is 2.26. The molecule has 2 aliphatic heterocycles. The molecule has 2 atom stereocenters. The third kappa shape index (κ3) is 1.94. The zero-order valence-electron chi connectivity index (χ0n) is 9.98. The van der Waals surface area contributed by atoms with E-state index in [1.165, 1.54) is 6.08 Å². The number of esters is 1. The van der Waals surface area contributed by atoms with Crippen molar-refractivity contribution in [1.82, 2.24) is 4.90 Å². The normalized spacial score (nSPS) is 31.6. The first-order valence-corrected chi connectivity index (χ1v) is 7.86. The van der Waals surface area contributed by atoms with Gasteiger partial charge in [-0.25, -0.2) is 4.79 Å². The summed E-state index contributed by atoms with van der Waals surface area (Å²) in [5, 5.41) is -0.0960. The number of fused-ring (bicyclic) bond motifs is 1. The highest BCUT2D eigenvalue weighted by Crippen LogP contribution is 2.60. The molecule has 2 fully saturated rings. The Morgan fingerprint density at radius 2 is 2.22 bits per heavy atom. The number of carbonyl (C=O) groups is 2. The molecular formula is C11H13Br2NO3S. The maximum Gasteiger partial charge on any atom is 0.330 e. The smallest absolute Gasteiger partial charge is 0.330 e. The van der Waals surface area contributed by atoms with E-state index in [4.69, 9.17) is 4.74 Å². The van der Waals surface area contributed by atoms with Gasteiger partial charge in [0.25, 0.3) is 5.91 Å². The van der Waals surface area contributed by atoms with Gasteiger partial charge in [0, 0.05) is 4.75 Å². The number of β-lactam (4-membered cyclic amide) rings is 1. The molecule has 1 amide bonds. The molecule has 2 rings (SSSR count). The summed E-state index contributed by atoms with van der Waals surface area (Å²) >= 11 is 8.29. The van der Waals surface area contributed by atoms with Crippen molar-refractivity contribution in [1.29, 1.82) is 0 Å². The maximum atomic E-state index is 12.1. The largest absolute Gasteiger partial charge is 0.460 e. The van der Waals surface area contributed by atoms with Crippen molar-refractivity contribution in [3.05, 3.63) is 12.7 Å². The van der Waals surface area contributed by atoms with Gasteiger partial charge < -0.3 is 9.64 Å². The molecule has 18 heavy (non-hydrogen) atoms. The van der Waals surface area contributed by atoms with Gasteiger partial charge in [0.1, 0.15) is 18.0 Å². The van der Waals surface area contributed by atoms with Crippen LogP contribution in [0, 0.1) is 0 Å². The van der Waals surface area contributed by atoms with Gasteiger partial charge in [-0.2, -0.15) is 0 Å². The number of halogens is 2. The average Bonchev–Trinajstić information content (AvgIpc) is 2.56. The second-order valence-electron chi connectivity index (χ2n) is 4.73. The fourth-order valence-corrected chi connectivity index (χ4v) is 5.09. The molecule has 2 heterocycles. The molecule has 0 saturated carbocycles. The second-order valence-corrected chi connectivity index (χ2v) is 10.0. The lowest BCUT2D eigenvalue weighted by Gasteiger charge is -2.46. The summed E-state index contributed by atoms with van der Waals surface area (Å²) in [4.78, 5) is 25.7. The highest BCUT2D eigenvalue weighted by atomic mass is 79.9. The zero-order chi connectivity index (χ0) is 13.7. The number of ether oxygens (including phenoxy) is 1. The van der Waals surface area contributed by atoms with Crippen LogP contribution in [-0.4, -0.2) is 42.8 Å². The number of rotatable bonds is 3. The van der Waals surface area contributed by atoms with Gasteiger partial charge >= 0.3 is 5.97 Å². The molecule has 0 radical (unpaired) electrons. The van der Waals surface area contributed by atoms with Crippen molar-refractivity contribution in [3.63, 3.8) is 0 Å². The van der Waals surface area contributed by atoms with Crippen molar-refractivity contribution in [2.24, 2.45) is 0 Å². The minimum absolute atomic E-state index is 0.0960. The number of hydrogen-bond acceptors (Lipinski definition) is 4. The van der Waals surface area contributed by atoms with Gasteiger partial charge in [-0.1, -0.05) is 44.5 Å². The summed E-state index contributed by atoms with van der Waals surface area (Å²) in [6.45, 7) is 7.55. The molecule has 7 heteroatoms. The predicted molar refractivity (Wildman–Crippen MR) is 77.8 cm³/mol. The Labute approximate surface area is 127 Å². The first-order valence-electron chi connectivity index (χ1n) is 5.39. The fourth-order valence-electron chi connectivity index (χ4n) is 2.18. The van der Waals surface area contributed by atoms with Crippen LogP contribution in [0.25, 0.3) is 0 Å². The summed E-state index contributed by atoms with van der Waals surface area (Å²) in [6.07, 6.45) is 1.52. The maximum absolute atomic E-state index is 12.1. The lowest BCUT2D eigenvalue weighted by molar-refractivity contribution is -0.160. The SMILES string of the molecule is C=CCOC(=O)[C@@H]1N2C(=O)C(Br)(Br)[C@H]2SC1(C)C. The van der Waals surface area contributed by atoms with E-state index in [1.807, 2.05) is 13.8 Å². The van der Waals surface area contributed by atoms with E-state index < -0.39 is 9.28 Å². The summed E-state index contributed by atoms with van der Waals surface area (Å²) in [7, 11) is 0. The second kappa shape index (κ2) is 4.52. The molecule has 4 nitrogen and oxygen atoms in total. The van der Waals surface area contributed by atoms with E-state index in [9.17, 15) is 9.59 Å². The van der Waals surface area contributed by atoms with Crippen molar-refractivity contribution >= 4 is 55.5 Å². The van der Waals surface area contributed by atoms with E-state index in [0.29, 0.717) is 0 Å².